The number of hydrogen-bond donors (Lipinski definition) is 2. The van der Waals surface area contributed by atoms with Crippen molar-refractivity contribution in [2.45, 2.75) is 20.4 Å². The van der Waals surface area contributed by atoms with E-state index in [0.29, 0.717) is 17.9 Å². The molecule has 1 heterocycles. The predicted molar refractivity (Wildman–Crippen MR) is 69.6 cm³/mol. The molecule has 3 N–H and O–H groups in total. The lowest BCUT2D eigenvalue weighted by Gasteiger charge is -2.11. The number of anilines is 2. The molecule has 0 radical (unpaired) electrons. The Morgan fingerprint density at radius 3 is 2.67 bits per heavy atom. The van der Waals surface area contributed by atoms with Crippen LogP contribution in [0.4, 0.5) is 15.8 Å². The summed E-state index contributed by atoms with van der Waals surface area (Å²) in [6.07, 6.45) is 3.39. The third-order valence-electron chi connectivity index (χ3n) is 2.71. The lowest BCUT2D eigenvalue weighted by Crippen LogP contribution is -2.05. The maximum absolute atomic E-state index is 13.2. The summed E-state index contributed by atoms with van der Waals surface area (Å²) >= 11 is 0. The monoisotopic (exact) mass is 246 g/mol. The van der Waals surface area contributed by atoms with Crippen LogP contribution in [0, 0.1) is 19.7 Å². The van der Waals surface area contributed by atoms with Gasteiger partial charge in [-0.2, -0.15) is 0 Å². The van der Waals surface area contributed by atoms with E-state index in [2.05, 4.69) is 15.3 Å². The summed E-state index contributed by atoms with van der Waals surface area (Å²) in [6, 6.07) is 2.74. The highest BCUT2D eigenvalue weighted by atomic mass is 19.1. The van der Waals surface area contributed by atoms with Gasteiger partial charge in [0.2, 0.25) is 0 Å². The SMILES string of the molecule is Cc1cnc(CNc2cc(F)cc(N)c2C)cn1. The molecule has 0 bridgehead atoms. The quantitative estimate of drug-likeness (QED) is 0.816. The highest BCUT2D eigenvalue weighted by molar-refractivity contribution is 5.63. The smallest absolute Gasteiger partial charge is 0.127 e. The molecule has 2 aromatic rings. The number of rotatable bonds is 3. The first kappa shape index (κ1) is 12.3. The zero-order valence-electron chi connectivity index (χ0n) is 10.4. The number of nitrogen functional groups attached to an aromatic ring is 1. The third-order valence-corrected chi connectivity index (χ3v) is 2.71. The lowest BCUT2D eigenvalue weighted by atomic mass is 10.1. The molecule has 0 spiro atoms. The van der Waals surface area contributed by atoms with Gasteiger partial charge in [0.05, 0.1) is 24.1 Å². The molecule has 0 saturated carbocycles. The minimum Gasteiger partial charge on any atom is -0.398 e. The van der Waals surface area contributed by atoms with Crippen molar-refractivity contribution >= 4 is 11.4 Å². The van der Waals surface area contributed by atoms with E-state index in [1.807, 2.05) is 13.8 Å². The molecule has 5 heteroatoms. The van der Waals surface area contributed by atoms with Crippen LogP contribution >= 0.6 is 0 Å². The van der Waals surface area contributed by atoms with Crippen LogP contribution in [-0.2, 0) is 6.54 Å². The fourth-order valence-corrected chi connectivity index (χ4v) is 1.58. The van der Waals surface area contributed by atoms with Gasteiger partial charge in [-0.25, -0.2) is 4.39 Å². The van der Waals surface area contributed by atoms with E-state index in [1.165, 1.54) is 12.1 Å². The largest absolute Gasteiger partial charge is 0.398 e. The van der Waals surface area contributed by atoms with Gasteiger partial charge in [-0.1, -0.05) is 0 Å². The van der Waals surface area contributed by atoms with Crippen LogP contribution in [0.15, 0.2) is 24.5 Å². The van der Waals surface area contributed by atoms with E-state index in [1.54, 1.807) is 12.4 Å². The number of nitrogens with two attached hydrogens (primary N) is 1. The maximum Gasteiger partial charge on any atom is 0.127 e. The Balaban J connectivity index is 2.13. The predicted octanol–water partition coefficient (Wildman–Crippen LogP) is 2.43. The number of hydrogen-bond acceptors (Lipinski definition) is 4. The number of nitrogens with zero attached hydrogens (tertiary/aromatic N) is 2. The summed E-state index contributed by atoms with van der Waals surface area (Å²) < 4.78 is 13.2. The molecule has 4 nitrogen and oxygen atoms in total. The summed E-state index contributed by atoms with van der Waals surface area (Å²) in [7, 11) is 0. The molecule has 0 aliphatic rings. The van der Waals surface area contributed by atoms with E-state index in [9.17, 15) is 4.39 Å². The molecule has 18 heavy (non-hydrogen) atoms. The molecule has 0 unspecified atom stereocenters. The van der Waals surface area contributed by atoms with Crippen molar-refractivity contribution in [2.75, 3.05) is 11.1 Å². The summed E-state index contributed by atoms with van der Waals surface area (Å²) in [6.45, 7) is 4.20. The molecule has 1 aromatic carbocycles. The van der Waals surface area contributed by atoms with Crippen molar-refractivity contribution in [3.63, 3.8) is 0 Å². The van der Waals surface area contributed by atoms with Crippen molar-refractivity contribution in [3.05, 3.63) is 47.3 Å². The van der Waals surface area contributed by atoms with Gasteiger partial charge in [-0.3, -0.25) is 9.97 Å². The fraction of sp³-hybridized carbons (Fsp3) is 0.231. The third kappa shape index (κ3) is 2.74. The average Bonchev–Trinajstić information content (AvgIpc) is 2.34. The van der Waals surface area contributed by atoms with Crippen LogP contribution in [0.25, 0.3) is 0 Å². The van der Waals surface area contributed by atoms with Gasteiger partial charge >= 0.3 is 0 Å². The zero-order chi connectivity index (χ0) is 13.1. The first-order valence-electron chi connectivity index (χ1n) is 5.63. The lowest BCUT2D eigenvalue weighted by molar-refractivity contribution is 0.628. The second-order valence-corrected chi connectivity index (χ2v) is 4.17. The normalized spacial score (nSPS) is 10.4. The second kappa shape index (κ2) is 5.00. The van der Waals surface area contributed by atoms with Crippen LogP contribution in [0.2, 0.25) is 0 Å². The molecular weight excluding hydrogens is 231 g/mol. The van der Waals surface area contributed by atoms with Crippen LogP contribution in [0.3, 0.4) is 0 Å². The van der Waals surface area contributed by atoms with E-state index in [-0.39, 0.29) is 5.82 Å². The standard InChI is InChI=1S/C13H15FN4/c1-8-5-17-11(6-16-8)7-18-13-4-10(14)3-12(15)9(13)2/h3-6,18H,7,15H2,1-2H3. The fourth-order valence-electron chi connectivity index (χ4n) is 1.58. The Hall–Kier alpha value is -2.17. The molecule has 94 valence electrons. The summed E-state index contributed by atoms with van der Waals surface area (Å²) in [4.78, 5) is 8.37. The van der Waals surface area contributed by atoms with Gasteiger partial charge < -0.3 is 11.1 Å². The molecule has 0 saturated heterocycles. The number of nitrogens with one attached hydrogen (secondary N) is 1. The van der Waals surface area contributed by atoms with E-state index in [0.717, 1.165) is 17.0 Å². The summed E-state index contributed by atoms with van der Waals surface area (Å²) in [5.41, 5.74) is 9.31. The summed E-state index contributed by atoms with van der Waals surface area (Å²) in [5.74, 6) is -0.351. The van der Waals surface area contributed by atoms with Crippen LogP contribution in [-0.4, -0.2) is 9.97 Å². The number of aromatic nitrogens is 2. The van der Waals surface area contributed by atoms with Crippen molar-refractivity contribution in [3.8, 4) is 0 Å². The Morgan fingerprint density at radius 1 is 1.22 bits per heavy atom. The Bertz CT molecular complexity index is 552. The topological polar surface area (TPSA) is 63.8 Å². The zero-order valence-corrected chi connectivity index (χ0v) is 10.4. The van der Waals surface area contributed by atoms with Crippen LogP contribution in [0.5, 0.6) is 0 Å². The molecule has 0 atom stereocenters. The molecule has 0 fully saturated rings. The first-order chi connectivity index (χ1) is 8.56. The Kier molecular flexibility index (Phi) is 3.41. The van der Waals surface area contributed by atoms with E-state index >= 15 is 0 Å². The Morgan fingerprint density at radius 2 is 2.00 bits per heavy atom. The molecule has 0 aliphatic heterocycles. The van der Waals surface area contributed by atoms with Gasteiger partial charge in [-0.05, 0) is 31.5 Å². The maximum atomic E-state index is 13.2. The van der Waals surface area contributed by atoms with Crippen LogP contribution < -0.4 is 11.1 Å². The highest BCUT2D eigenvalue weighted by Crippen LogP contribution is 2.23. The van der Waals surface area contributed by atoms with Gasteiger partial charge in [-0.15, -0.1) is 0 Å². The summed E-state index contributed by atoms with van der Waals surface area (Å²) in [5, 5.41) is 3.11. The second-order valence-electron chi connectivity index (χ2n) is 4.17. The average molecular weight is 246 g/mol. The van der Waals surface area contributed by atoms with E-state index < -0.39 is 0 Å². The Labute approximate surface area is 105 Å². The number of benzene rings is 1. The van der Waals surface area contributed by atoms with Crippen molar-refractivity contribution in [2.24, 2.45) is 0 Å². The number of halogens is 1. The molecule has 0 amide bonds. The number of aryl methyl sites for hydroxylation is 1. The molecular formula is C13H15FN4. The van der Waals surface area contributed by atoms with Crippen molar-refractivity contribution < 1.29 is 4.39 Å². The van der Waals surface area contributed by atoms with Gasteiger partial charge in [0, 0.05) is 17.6 Å². The van der Waals surface area contributed by atoms with Gasteiger partial charge in [0.25, 0.3) is 0 Å². The minimum atomic E-state index is -0.351. The molecule has 1 aromatic heterocycles. The van der Waals surface area contributed by atoms with Gasteiger partial charge in [0.1, 0.15) is 5.82 Å². The van der Waals surface area contributed by atoms with E-state index in [4.69, 9.17) is 5.73 Å². The molecule has 0 aliphatic carbocycles. The highest BCUT2D eigenvalue weighted by Gasteiger charge is 2.05. The minimum absolute atomic E-state index is 0.351. The van der Waals surface area contributed by atoms with Crippen molar-refractivity contribution in [1.82, 2.24) is 9.97 Å². The first-order valence-corrected chi connectivity index (χ1v) is 5.63. The van der Waals surface area contributed by atoms with Crippen molar-refractivity contribution in [1.29, 1.82) is 0 Å². The molecule has 2 rings (SSSR count). The van der Waals surface area contributed by atoms with Crippen LogP contribution in [0.1, 0.15) is 17.0 Å². The van der Waals surface area contributed by atoms with Gasteiger partial charge in [0.15, 0.2) is 0 Å².